The first-order valence-corrected chi connectivity index (χ1v) is 40.1. The van der Waals surface area contributed by atoms with Gasteiger partial charge in [-0.05, 0) is 146 Å². The summed E-state index contributed by atoms with van der Waals surface area (Å²) in [7, 11) is 0. The number of aromatic hydroxyl groups is 2. The van der Waals surface area contributed by atoms with E-state index in [0.29, 0.717) is 58.5 Å². The van der Waals surface area contributed by atoms with Crippen LogP contribution in [0.2, 0.25) is 0 Å². The predicted octanol–water partition coefficient (Wildman–Crippen LogP) is 28.1. The molecule has 0 unspecified atom stereocenters. The van der Waals surface area contributed by atoms with Gasteiger partial charge in [0.1, 0.15) is 11.5 Å². The van der Waals surface area contributed by atoms with Gasteiger partial charge in [0, 0.05) is 16.7 Å². The van der Waals surface area contributed by atoms with Gasteiger partial charge in [0.25, 0.3) is 0 Å². The normalized spacial score (nSPS) is 16.3. The molecular weight excluding hydrogens is 1510 g/mol. The molecule has 2 N–H and O–H groups in total. The Morgan fingerprint density at radius 1 is 0.466 bits per heavy atom. The number of hydrogen-bond acceptors (Lipinski definition) is 4. The van der Waals surface area contributed by atoms with Crippen molar-refractivity contribution in [3.05, 3.63) is 252 Å². The molecule has 4 aliphatic carbocycles. The van der Waals surface area contributed by atoms with Crippen LogP contribution in [0.25, 0.3) is 54.9 Å². The van der Waals surface area contributed by atoms with E-state index in [1.807, 2.05) is 63.0 Å². The Morgan fingerprint density at radius 2 is 0.816 bits per heavy atom. The zero-order valence-corrected chi connectivity index (χ0v) is 71.5. The summed E-state index contributed by atoms with van der Waals surface area (Å²) in [6, 6.07) is 50.8. The molecule has 6 nitrogen and oxygen atoms in total. The van der Waals surface area contributed by atoms with Crippen molar-refractivity contribution >= 4 is 27.2 Å². The minimum Gasteiger partial charge on any atom is -0.670 e. The van der Waals surface area contributed by atoms with Crippen molar-refractivity contribution in [1.29, 1.82) is 0 Å². The summed E-state index contributed by atoms with van der Waals surface area (Å²) in [5.74, 6) is 7.01. The fourth-order valence-electron chi connectivity index (χ4n) is 15.2. The third-order valence-electron chi connectivity index (χ3n) is 19.9. The molecule has 0 atom stereocenters. The van der Waals surface area contributed by atoms with Crippen LogP contribution >= 0.6 is 0 Å². The number of fused-ring (bicyclic) bond motifs is 2. The van der Waals surface area contributed by atoms with Crippen molar-refractivity contribution in [2.75, 3.05) is 0 Å². The van der Waals surface area contributed by atoms with Gasteiger partial charge in [-0.3, -0.25) is 0 Å². The first-order valence-electron chi connectivity index (χ1n) is 37.8. The number of phenolic OH excluding ortho intramolecular Hbond substituents is 2. The third-order valence-corrected chi connectivity index (χ3v) is 21.5. The topological polar surface area (TPSA) is 93.4 Å². The zero-order valence-electron chi connectivity index (χ0n) is 66.5. The molecule has 2 aromatic heterocycles. The number of benzene rings is 8. The first kappa shape index (κ1) is 85.3. The van der Waals surface area contributed by atoms with Gasteiger partial charge in [0.15, 0.2) is 0 Å². The van der Waals surface area contributed by atoms with Gasteiger partial charge in [0.05, 0.1) is 0 Å². The number of para-hydroxylation sites is 1. The van der Waals surface area contributed by atoms with Crippen molar-refractivity contribution in [2.24, 2.45) is 30.2 Å². The summed E-state index contributed by atoms with van der Waals surface area (Å²) in [5.41, 5.74) is 22.4. The molecule has 552 valence electrons. The maximum absolute atomic E-state index is 12.0. The molecule has 0 saturated heterocycles. The molecule has 4 bridgehead atoms. The summed E-state index contributed by atoms with van der Waals surface area (Å²) >= 11 is 3.27. The molecule has 0 spiro atoms. The predicted molar refractivity (Wildman–Crippen MR) is 437 cm³/mol. The molecular formula is C95H123MoN4O2W-5. The van der Waals surface area contributed by atoms with Crippen molar-refractivity contribution in [3.63, 3.8) is 0 Å². The van der Waals surface area contributed by atoms with Gasteiger partial charge >= 0.3 is 183 Å². The number of aromatic nitrogens is 2. The minimum atomic E-state index is 0.250. The van der Waals surface area contributed by atoms with Gasteiger partial charge in [0.2, 0.25) is 0 Å². The molecule has 8 aromatic carbocycles. The number of aryl methyl sites for hydroxylation is 3. The molecule has 0 radical (unpaired) electrons. The fourth-order valence-corrected chi connectivity index (χ4v) is 16.5. The Morgan fingerprint density at radius 3 is 1.16 bits per heavy atom. The fraction of sp³-hybridized carbons (Fsp3) is 0.421. The Kier molecular flexibility index (Phi) is 32.9. The second-order valence-electron chi connectivity index (χ2n) is 32.4. The Hall–Kier alpha value is -6.58. The Balaban J connectivity index is 0.000000210. The Bertz CT molecular complexity index is 4020. The summed E-state index contributed by atoms with van der Waals surface area (Å²) < 4.78 is 9.19. The molecule has 0 amide bonds. The van der Waals surface area contributed by atoms with E-state index in [-0.39, 0.29) is 5.41 Å². The van der Waals surface area contributed by atoms with Gasteiger partial charge in [-0.15, -0.1) is 0 Å². The van der Waals surface area contributed by atoms with Crippen LogP contribution in [0.3, 0.4) is 0 Å². The van der Waals surface area contributed by atoms with E-state index < -0.39 is 0 Å². The summed E-state index contributed by atoms with van der Waals surface area (Å²) in [6.07, 6.45) is 16.6. The average Bonchev–Trinajstić information content (AvgIpc) is 1.25. The van der Waals surface area contributed by atoms with Crippen LogP contribution in [0.5, 0.6) is 11.5 Å². The molecule has 14 rings (SSSR count). The number of rotatable bonds is 12. The van der Waals surface area contributed by atoms with Crippen molar-refractivity contribution in [2.45, 2.75) is 237 Å². The zero-order chi connectivity index (χ0) is 76.2. The van der Waals surface area contributed by atoms with Gasteiger partial charge < -0.3 is 47.4 Å². The molecule has 0 aliphatic heterocycles. The van der Waals surface area contributed by atoms with Gasteiger partial charge in [-0.1, -0.05) is 217 Å². The van der Waals surface area contributed by atoms with E-state index in [2.05, 4.69) is 282 Å². The van der Waals surface area contributed by atoms with E-state index in [1.54, 1.807) is 24.8 Å². The van der Waals surface area contributed by atoms with E-state index >= 15 is 0 Å². The van der Waals surface area contributed by atoms with Crippen LogP contribution in [0.15, 0.2) is 177 Å². The summed E-state index contributed by atoms with van der Waals surface area (Å²) in [5, 5.41) is 27.5. The Labute approximate surface area is 646 Å². The van der Waals surface area contributed by atoms with Gasteiger partial charge in [-0.2, -0.15) is 30.2 Å². The van der Waals surface area contributed by atoms with E-state index in [1.165, 1.54) is 141 Å². The molecule has 10 aromatic rings. The molecule has 4 saturated carbocycles. The van der Waals surface area contributed by atoms with E-state index in [9.17, 15) is 10.2 Å². The average molecular weight is 1630 g/mol. The van der Waals surface area contributed by atoms with Crippen molar-refractivity contribution in [1.82, 2.24) is 9.97 Å². The number of nitrogens with zero attached hydrogens (tertiary/aromatic N) is 4. The van der Waals surface area contributed by atoms with Crippen LogP contribution in [0.4, 0.5) is 5.69 Å². The van der Waals surface area contributed by atoms with E-state index in [4.69, 9.17) is 3.50 Å². The molecule has 8 heteroatoms. The summed E-state index contributed by atoms with van der Waals surface area (Å²) in [4.78, 5) is 7.44. The monoisotopic (exact) mass is 1630 g/mol. The SMILES string of the molecule is CC(C)c1cccc(C(C)C)c1[N]=[W].Cc1cc(C(C)C)c(-c2cccc(-c3c(C(C)C)cc(C(C)C)cc3C(C)C)c2O)c(C(C)C)c1.Cc1cc2ccccc2c(-c2c(O)c(C)cc3ccccc23)c1C.[CH2-]C(C)(C)C.[CH2-]C[CH2-].[Mo]=[N]C12CC3CC(CC(C3)C1)C2.c1cc[n-]c1.c1cc[n-]c1. The third kappa shape index (κ3) is 23.2. The quantitative estimate of drug-likeness (QED) is 0.0941. The van der Waals surface area contributed by atoms with Crippen LogP contribution < -0.4 is 9.97 Å². The van der Waals surface area contributed by atoms with Crippen LogP contribution in [0, 0.1) is 71.6 Å². The standard InChI is InChI=1S/C34H46O.C23H20O.C12H17N.C10H15N.C5H11.2C4H4N.C3H6.Mo.W/c1-19(2)25-17-30(22(7)8)33(31(18-25)23(9)10)27-14-12-13-26(34(27)35)32-28(20(3)4)15-24(11)16-29(32)21(5)6;1-14-12-17-8-4-6-10-19(17)21(16(14)3)22-20-11-7-5-9-18(20)13-15(2)23(22)24;1-8(2)10-6-5-7-11(9(3)4)12(10)13;11-10-4-7-1-8(5-10)3-9(2-7)6-10;1-5(2,3)4;2*1-2-4-5-3-1;1-3-2;;/h12-23,35H,1-11H3;4-13,24H,1-3H3;5-9H,1-4H3;7-9H,1-6H2;1H2,2-4H3;2*1-4H;1-3H2;;/q;;;;3*-1;-2;;. The molecule has 103 heavy (non-hydrogen) atoms. The smallest absolute Gasteiger partial charge is 0.0860 e. The molecule has 4 aliphatic rings. The van der Waals surface area contributed by atoms with Crippen molar-refractivity contribution < 1.29 is 49.5 Å². The second-order valence-corrected chi connectivity index (χ2v) is 33.5. The largest absolute Gasteiger partial charge is 0.670 e. The minimum absolute atomic E-state index is 0.250. The van der Waals surface area contributed by atoms with Gasteiger partial charge in [-0.25, -0.2) is 0 Å². The second kappa shape index (κ2) is 39.7. The van der Waals surface area contributed by atoms with Crippen LogP contribution in [0.1, 0.15) is 265 Å². The maximum atomic E-state index is 12.0. The molecule has 4 fully saturated rings. The van der Waals surface area contributed by atoms with Crippen LogP contribution in [-0.4, -0.2) is 15.8 Å². The number of hydrogen-bond donors (Lipinski definition) is 2. The first-order chi connectivity index (χ1) is 48.7. The van der Waals surface area contributed by atoms with Crippen LogP contribution in [-0.2, 0) is 39.3 Å². The summed E-state index contributed by atoms with van der Waals surface area (Å²) in [6.45, 7) is 56.7. The van der Waals surface area contributed by atoms with E-state index in [0.717, 1.165) is 62.8 Å². The maximum Gasteiger partial charge on any atom is -0.0860 e. The van der Waals surface area contributed by atoms with Crippen molar-refractivity contribution in [3.8, 4) is 44.9 Å². The molecule has 2 heterocycles. The number of phenols is 2.